The van der Waals surface area contributed by atoms with E-state index in [1.54, 1.807) is 12.4 Å². The van der Waals surface area contributed by atoms with Gasteiger partial charge < -0.3 is 19.9 Å². The van der Waals surface area contributed by atoms with Gasteiger partial charge in [0, 0.05) is 31.0 Å². The summed E-state index contributed by atoms with van der Waals surface area (Å²) in [5.41, 5.74) is 7.37. The molecule has 43 heavy (non-hydrogen) atoms. The predicted molar refractivity (Wildman–Crippen MR) is 170 cm³/mol. The van der Waals surface area contributed by atoms with E-state index in [-0.39, 0.29) is 0 Å². The van der Waals surface area contributed by atoms with Crippen molar-refractivity contribution in [2.45, 2.75) is 45.8 Å². The molecule has 1 atom stereocenters. The lowest BCUT2D eigenvalue weighted by Gasteiger charge is -2.14. The number of ether oxygens (including phenoxy) is 2. The molecule has 0 spiro atoms. The van der Waals surface area contributed by atoms with Crippen molar-refractivity contribution in [1.82, 2.24) is 20.5 Å². The molecule has 0 amide bonds. The monoisotopic (exact) mass is 577 g/mol. The van der Waals surface area contributed by atoms with Crippen LogP contribution in [-0.4, -0.2) is 39.8 Å². The Bertz CT molecular complexity index is 1520. The molecule has 0 aliphatic heterocycles. The van der Waals surface area contributed by atoms with Crippen molar-refractivity contribution in [3.8, 4) is 28.1 Å². The van der Waals surface area contributed by atoms with Crippen LogP contribution in [0.15, 0.2) is 103 Å². The molecule has 4 N–H and O–H groups in total. The largest absolute Gasteiger partial charge is 0.489 e. The second kappa shape index (κ2) is 15.1. The van der Waals surface area contributed by atoms with Crippen LogP contribution < -0.4 is 15.4 Å². The van der Waals surface area contributed by atoms with Gasteiger partial charge in [-0.3, -0.25) is 15.4 Å². The Morgan fingerprint density at radius 3 is 2.23 bits per heavy atom. The minimum Gasteiger partial charge on any atom is -0.489 e. The van der Waals surface area contributed by atoms with Crippen molar-refractivity contribution in [3.63, 3.8) is 0 Å². The molecule has 5 aromatic rings. The molecule has 0 saturated heterocycles. The maximum absolute atomic E-state index is 10.1. The summed E-state index contributed by atoms with van der Waals surface area (Å²) in [6, 6.07) is 30.4. The van der Waals surface area contributed by atoms with Gasteiger partial charge in [0.2, 0.25) is 6.41 Å². The smallest absolute Gasteiger partial charge is 0.213 e. The van der Waals surface area contributed by atoms with Gasteiger partial charge in [0.1, 0.15) is 12.4 Å². The number of pyridine rings is 1. The number of anilines is 1. The van der Waals surface area contributed by atoms with Crippen LogP contribution in [0.4, 0.5) is 5.82 Å². The highest BCUT2D eigenvalue weighted by Crippen LogP contribution is 2.36. The van der Waals surface area contributed by atoms with Crippen molar-refractivity contribution in [3.05, 3.63) is 120 Å². The third-order valence-electron chi connectivity index (χ3n) is 7.15. The Hall–Kier alpha value is -4.50. The number of H-pyrrole nitrogens is 1. The number of nitrogens with zero attached hydrogens (tertiary/aromatic N) is 2. The SMILES string of the molecule is CC(C)c1ccc(COc2ccc(-c3c(NCCCNC(O)OCc4ccccc4)n[nH]c3-c3ccncc3)cc2)cc1. The van der Waals surface area contributed by atoms with Gasteiger partial charge in [-0.25, -0.2) is 0 Å². The third kappa shape index (κ3) is 8.51. The molecule has 8 nitrogen and oxygen atoms in total. The molecule has 0 radical (unpaired) electrons. The Morgan fingerprint density at radius 2 is 1.51 bits per heavy atom. The number of nitrogens with one attached hydrogen (secondary N) is 3. The van der Waals surface area contributed by atoms with Gasteiger partial charge in [0.15, 0.2) is 5.82 Å². The van der Waals surface area contributed by atoms with Crippen LogP contribution in [0.3, 0.4) is 0 Å². The zero-order chi connectivity index (χ0) is 29.9. The molecule has 0 bridgehead atoms. The van der Waals surface area contributed by atoms with E-state index in [2.05, 4.69) is 76.1 Å². The summed E-state index contributed by atoms with van der Waals surface area (Å²) in [6.07, 6.45) is 3.27. The number of aliphatic hydroxyl groups excluding tert-OH is 1. The van der Waals surface area contributed by atoms with Crippen molar-refractivity contribution in [2.75, 3.05) is 18.4 Å². The number of rotatable bonds is 15. The van der Waals surface area contributed by atoms with Crippen LogP contribution in [-0.2, 0) is 18.0 Å². The fourth-order valence-corrected chi connectivity index (χ4v) is 4.69. The van der Waals surface area contributed by atoms with Gasteiger partial charge in [-0.15, -0.1) is 0 Å². The van der Waals surface area contributed by atoms with Crippen molar-refractivity contribution in [1.29, 1.82) is 0 Å². The molecule has 0 aliphatic carbocycles. The Morgan fingerprint density at radius 1 is 0.791 bits per heavy atom. The van der Waals surface area contributed by atoms with Gasteiger partial charge in [0.25, 0.3) is 0 Å². The van der Waals surface area contributed by atoms with E-state index in [4.69, 9.17) is 9.47 Å². The van der Waals surface area contributed by atoms with Crippen molar-refractivity contribution in [2.24, 2.45) is 0 Å². The minimum atomic E-state index is -1.03. The highest BCUT2D eigenvalue weighted by atomic mass is 16.6. The van der Waals surface area contributed by atoms with Crippen LogP contribution in [0.1, 0.15) is 42.9 Å². The normalized spacial score (nSPS) is 11.9. The summed E-state index contributed by atoms with van der Waals surface area (Å²) in [5.74, 6) is 2.07. The van der Waals surface area contributed by atoms with Gasteiger partial charge in [-0.05, 0) is 58.9 Å². The molecule has 0 saturated carbocycles. The fourth-order valence-electron chi connectivity index (χ4n) is 4.69. The first-order chi connectivity index (χ1) is 21.1. The van der Waals surface area contributed by atoms with E-state index in [1.807, 2.05) is 54.6 Å². The number of aromatic nitrogens is 3. The first kappa shape index (κ1) is 30.0. The highest BCUT2D eigenvalue weighted by Gasteiger charge is 2.17. The lowest BCUT2D eigenvalue weighted by atomic mass is 10.0. The van der Waals surface area contributed by atoms with Crippen LogP contribution in [0, 0.1) is 0 Å². The van der Waals surface area contributed by atoms with Crippen LogP contribution >= 0.6 is 0 Å². The molecule has 5 rings (SSSR count). The van der Waals surface area contributed by atoms with Gasteiger partial charge >= 0.3 is 0 Å². The zero-order valence-corrected chi connectivity index (χ0v) is 24.7. The van der Waals surface area contributed by atoms with Crippen molar-refractivity contribution < 1.29 is 14.6 Å². The second-order valence-electron chi connectivity index (χ2n) is 10.7. The molecule has 222 valence electrons. The average molecular weight is 578 g/mol. The van der Waals surface area contributed by atoms with Crippen molar-refractivity contribution >= 4 is 5.82 Å². The maximum Gasteiger partial charge on any atom is 0.213 e. The maximum atomic E-state index is 10.1. The van der Waals surface area contributed by atoms with Gasteiger partial charge in [0.05, 0.1) is 17.9 Å². The molecule has 0 fully saturated rings. The summed E-state index contributed by atoms with van der Waals surface area (Å²) in [6.45, 7) is 6.48. The molecule has 0 aliphatic rings. The van der Waals surface area contributed by atoms with E-state index >= 15 is 0 Å². The van der Waals surface area contributed by atoms with E-state index in [0.717, 1.165) is 51.5 Å². The molecule has 2 heterocycles. The molecule has 3 aromatic carbocycles. The highest BCUT2D eigenvalue weighted by molar-refractivity contribution is 5.88. The minimum absolute atomic E-state index is 0.344. The predicted octanol–water partition coefficient (Wildman–Crippen LogP) is 6.73. The fraction of sp³-hybridized carbons (Fsp3) is 0.257. The molecular weight excluding hydrogens is 538 g/mol. The standard InChI is InChI=1S/C35H39N5O3/c1-25(2)28-11-9-27(10-12-28)23-42-31-15-13-29(14-16-31)32-33(30-17-21-36-22-18-30)39-40-34(32)37-19-6-20-38-35(41)43-24-26-7-4-3-5-8-26/h3-5,7-18,21-22,25,35,38,41H,6,19-20,23-24H2,1-2H3,(H2,37,39,40). The Labute approximate surface area is 253 Å². The van der Waals surface area contributed by atoms with E-state index in [0.29, 0.717) is 32.2 Å². The van der Waals surface area contributed by atoms with Crippen LogP contribution in [0.5, 0.6) is 5.75 Å². The Balaban J connectivity index is 1.19. The van der Waals surface area contributed by atoms with Crippen LogP contribution in [0.25, 0.3) is 22.4 Å². The summed E-state index contributed by atoms with van der Waals surface area (Å²) in [7, 11) is 0. The van der Waals surface area contributed by atoms with E-state index < -0.39 is 6.41 Å². The van der Waals surface area contributed by atoms with E-state index in [9.17, 15) is 5.11 Å². The van der Waals surface area contributed by atoms with Gasteiger partial charge in [-0.1, -0.05) is 80.6 Å². The summed E-state index contributed by atoms with van der Waals surface area (Å²) in [4.78, 5) is 4.16. The third-order valence-corrected chi connectivity index (χ3v) is 7.15. The lowest BCUT2D eigenvalue weighted by molar-refractivity contribution is -0.128. The Kier molecular flexibility index (Phi) is 10.5. The second-order valence-corrected chi connectivity index (χ2v) is 10.7. The average Bonchev–Trinajstić information content (AvgIpc) is 3.48. The lowest BCUT2D eigenvalue weighted by Crippen LogP contribution is -2.32. The molecule has 1 unspecified atom stereocenters. The number of aliphatic hydroxyl groups is 1. The summed E-state index contributed by atoms with van der Waals surface area (Å²) in [5, 5.41) is 24.4. The summed E-state index contributed by atoms with van der Waals surface area (Å²) < 4.78 is 11.6. The summed E-state index contributed by atoms with van der Waals surface area (Å²) >= 11 is 0. The molecular formula is C35H39N5O3. The van der Waals surface area contributed by atoms with E-state index in [1.165, 1.54) is 5.56 Å². The number of aromatic amines is 1. The first-order valence-electron chi connectivity index (χ1n) is 14.7. The number of benzene rings is 3. The first-order valence-corrected chi connectivity index (χ1v) is 14.7. The number of hydrogen-bond donors (Lipinski definition) is 4. The topological polar surface area (TPSA) is 104 Å². The zero-order valence-electron chi connectivity index (χ0n) is 24.7. The van der Waals surface area contributed by atoms with Gasteiger partial charge in [-0.2, -0.15) is 5.10 Å². The number of hydrogen-bond acceptors (Lipinski definition) is 7. The quantitative estimate of drug-likeness (QED) is 0.0808. The van der Waals surface area contributed by atoms with Crippen LogP contribution in [0.2, 0.25) is 0 Å². The molecule has 8 heteroatoms. The molecule has 2 aromatic heterocycles.